The minimum atomic E-state index is -2.58. The third-order valence-corrected chi connectivity index (χ3v) is 2.86. The number of benzene rings is 1. The van der Waals surface area contributed by atoms with E-state index in [9.17, 15) is 13.6 Å². The predicted octanol–water partition coefficient (Wildman–Crippen LogP) is 2.00. The lowest BCUT2D eigenvalue weighted by atomic mass is 9.92. The fourth-order valence-electron chi connectivity index (χ4n) is 1.28. The topological polar surface area (TPSA) is 55.1 Å². The molecule has 6 heteroatoms. The Morgan fingerprint density at radius 3 is 2.47 bits per heavy atom. The van der Waals surface area contributed by atoms with Crippen molar-refractivity contribution in [2.45, 2.75) is 18.9 Å². The smallest absolute Gasteiger partial charge is 0.255 e. The lowest BCUT2D eigenvalue weighted by Crippen LogP contribution is -2.50. The van der Waals surface area contributed by atoms with Gasteiger partial charge in [-0.15, -0.1) is 0 Å². The molecule has 1 rings (SSSR count). The second kappa shape index (κ2) is 5.55. The van der Waals surface area contributed by atoms with E-state index in [1.807, 2.05) is 0 Å². The van der Waals surface area contributed by atoms with Gasteiger partial charge in [0, 0.05) is 4.47 Å². The first kappa shape index (κ1) is 14.1. The van der Waals surface area contributed by atoms with Gasteiger partial charge in [0.2, 0.25) is 5.91 Å². The van der Waals surface area contributed by atoms with Crippen LogP contribution in [0.5, 0.6) is 0 Å². The SMILES string of the molecule is CC(N)(C(=O)NCC(F)F)c1ccc(Br)cc1. The van der Waals surface area contributed by atoms with E-state index >= 15 is 0 Å². The van der Waals surface area contributed by atoms with Gasteiger partial charge < -0.3 is 11.1 Å². The molecule has 0 saturated carbocycles. The number of carbonyl (C=O) groups is 1. The Balaban J connectivity index is 2.79. The highest BCUT2D eigenvalue weighted by Gasteiger charge is 2.30. The van der Waals surface area contributed by atoms with Crippen molar-refractivity contribution in [2.75, 3.05) is 6.54 Å². The predicted molar refractivity (Wildman–Crippen MR) is 64.7 cm³/mol. The first-order valence-electron chi connectivity index (χ1n) is 4.95. The molecule has 0 aliphatic heterocycles. The summed E-state index contributed by atoms with van der Waals surface area (Å²) in [5, 5.41) is 2.11. The maximum absolute atomic E-state index is 12.0. The van der Waals surface area contributed by atoms with Crippen LogP contribution < -0.4 is 11.1 Å². The lowest BCUT2D eigenvalue weighted by Gasteiger charge is -2.24. The number of hydrogen-bond acceptors (Lipinski definition) is 2. The molecule has 0 spiro atoms. The average Bonchev–Trinajstić information content (AvgIpc) is 2.26. The fourth-order valence-corrected chi connectivity index (χ4v) is 1.55. The van der Waals surface area contributed by atoms with E-state index in [4.69, 9.17) is 5.73 Å². The molecule has 3 nitrogen and oxygen atoms in total. The molecule has 0 aliphatic carbocycles. The maximum atomic E-state index is 12.0. The van der Waals surface area contributed by atoms with Gasteiger partial charge in [0.1, 0.15) is 5.54 Å². The summed E-state index contributed by atoms with van der Waals surface area (Å²) in [6, 6.07) is 6.82. The maximum Gasteiger partial charge on any atom is 0.255 e. The summed E-state index contributed by atoms with van der Waals surface area (Å²) in [7, 11) is 0. The Kier molecular flexibility index (Phi) is 4.59. The van der Waals surface area contributed by atoms with Crippen LogP contribution in [-0.2, 0) is 10.3 Å². The van der Waals surface area contributed by atoms with Gasteiger partial charge in [0.15, 0.2) is 0 Å². The molecular weight excluding hydrogens is 294 g/mol. The molecule has 3 N–H and O–H groups in total. The second-order valence-electron chi connectivity index (χ2n) is 3.81. The van der Waals surface area contributed by atoms with Crippen LogP contribution in [0.3, 0.4) is 0 Å². The number of nitrogens with two attached hydrogens (primary N) is 1. The van der Waals surface area contributed by atoms with E-state index in [1.165, 1.54) is 6.92 Å². The largest absolute Gasteiger partial charge is 0.348 e. The van der Waals surface area contributed by atoms with Gasteiger partial charge in [0.05, 0.1) is 6.54 Å². The van der Waals surface area contributed by atoms with E-state index in [2.05, 4.69) is 21.2 Å². The third kappa shape index (κ3) is 3.74. The molecule has 0 saturated heterocycles. The molecule has 0 aromatic heterocycles. The molecule has 0 bridgehead atoms. The highest BCUT2D eigenvalue weighted by molar-refractivity contribution is 9.10. The van der Waals surface area contributed by atoms with Gasteiger partial charge in [-0.1, -0.05) is 28.1 Å². The molecule has 94 valence electrons. The van der Waals surface area contributed by atoms with Crippen LogP contribution in [-0.4, -0.2) is 18.9 Å². The van der Waals surface area contributed by atoms with Crippen molar-refractivity contribution >= 4 is 21.8 Å². The zero-order valence-corrected chi connectivity index (χ0v) is 10.8. The van der Waals surface area contributed by atoms with Crippen LogP contribution >= 0.6 is 15.9 Å². The van der Waals surface area contributed by atoms with Gasteiger partial charge in [-0.3, -0.25) is 4.79 Å². The number of hydrogen-bond donors (Lipinski definition) is 2. The van der Waals surface area contributed by atoms with Crippen molar-refractivity contribution in [2.24, 2.45) is 5.73 Å². The first-order valence-corrected chi connectivity index (χ1v) is 5.74. The van der Waals surface area contributed by atoms with Crippen molar-refractivity contribution in [3.8, 4) is 0 Å². The summed E-state index contributed by atoms with van der Waals surface area (Å²) >= 11 is 3.26. The van der Waals surface area contributed by atoms with E-state index in [0.717, 1.165) is 4.47 Å². The summed E-state index contributed by atoms with van der Waals surface area (Å²) < 4.78 is 24.8. The van der Waals surface area contributed by atoms with Crippen LogP contribution in [0.1, 0.15) is 12.5 Å². The Bertz CT molecular complexity index is 393. The van der Waals surface area contributed by atoms with Gasteiger partial charge >= 0.3 is 0 Å². The van der Waals surface area contributed by atoms with Crippen LogP contribution in [0, 0.1) is 0 Å². The molecule has 0 heterocycles. The monoisotopic (exact) mass is 306 g/mol. The standard InChI is InChI=1S/C11H13BrF2N2O/c1-11(15,10(17)16-6-9(13)14)7-2-4-8(12)5-3-7/h2-5,9H,6,15H2,1H3,(H,16,17). The number of nitrogens with one attached hydrogen (secondary N) is 1. The number of alkyl halides is 2. The van der Waals surface area contributed by atoms with Crippen molar-refractivity contribution in [1.82, 2.24) is 5.32 Å². The second-order valence-corrected chi connectivity index (χ2v) is 4.73. The quantitative estimate of drug-likeness (QED) is 0.894. The van der Waals surface area contributed by atoms with Gasteiger partial charge in [0.25, 0.3) is 6.43 Å². The van der Waals surface area contributed by atoms with Crippen LogP contribution in [0.25, 0.3) is 0 Å². The van der Waals surface area contributed by atoms with Crippen LogP contribution in [0.2, 0.25) is 0 Å². The number of amides is 1. The Morgan fingerprint density at radius 2 is 2.00 bits per heavy atom. The van der Waals surface area contributed by atoms with Crippen molar-refractivity contribution in [1.29, 1.82) is 0 Å². The fraction of sp³-hybridized carbons (Fsp3) is 0.364. The summed E-state index contributed by atoms with van der Waals surface area (Å²) in [5.41, 5.74) is 5.08. The molecule has 0 fully saturated rings. The first-order chi connectivity index (χ1) is 7.84. The summed E-state index contributed by atoms with van der Waals surface area (Å²) in [6.45, 7) is 0.791. The molecule has 1 amide bonds. The van der Waals surface area contributed by atoms with Crippen LogP contribution in [0.15, 0.2) is 28.7 Å². The summed E-state index contributed by atoms with van der Waals surface area (Å²) in [5.74, 6) is -0.625. The molecule has 1 atom stereocenters. The van der Waals surface area contributed by atoms with E-state index in [1.54, 1.807) is 24.3 Å². The number of halogens is 3. The molecule has 0 radical (unpaired) electrons. The van der Waals surface area contributed by atoms with E-state index < -0.39 is 24.4 Å². The normalized spacial score (nSPS) is 14.5. The van der Waals surface area contributed by atoms with Gasteiger partial charge in [-0.05, 0) is 24.6 Å². The minimum Gasteiger partial charge on any atom is -0.348 e. The number of rotatable bonds is 4. The average molecular weight is 307 g/mol. The van der Waals surface area contributed by atoms with Crippen LogP contribution in [0.4, 0.5) is 8.78 Å². The molecule has 1 aromatic rings. The van der Waals surface area contributed by atoms with Crippen molar-refractivity contribution in [3.05, 3.63) is 34.3 Å². The highest BCUT2D eigenvalue weighted by Crippen LogP contribution is 2.20. The minimum absolute atomic E-state index is 0.562. The molecule has 1 unspecified atom stereocenters. The van der Waals surface area contributed by atoms with Crippen molar-refractivity contribution in [3.63, 3.8) is 0 Å². The van der Waals surface area contributed by atoms with E-state index in [-0.39, 0.29) is 0 Å². The zero-order valence-electron chi connectivity index (χ0n) is 9.21. The highest BCUT2D eigenvalue weighted by atomic mass is 79.9. The molecular formula is C11H13BrF2N2O. The zero-order chi connectivity index (χ0) is 13.1. The lowest BCUT2D eigenvalue weighted by molar-refractivity contribution is -0.126. The Morgan fingerprint density at radius 1 is 1.47 bits per heavy atom. The summed E-state index contributed by atoms with van der Waals surface area (Å²) in [4.78, 5) is 11.7. The summed E-state index contributed by atoms with van der Waals surface area (Å²) in [6.07, 6.45) is -2.58. The van der Waals surface area contributed by atoms with E-state index in [0.29, 0.717) is 5.56 Å². The third-order valence-electron chi connectivity index (χ3n) is 2.33. The Labute approximate surface area is 107 Å². The number of carbonyl (C=O) groups excluding carboxylic acids is 1. The van der Waals surface area contributed by atoms with Crippen molar-refractivity contribution < 1.29 is 13.6 Å². The Hall–Kier alpha value is -1.01. The molecule has 17 heavy (non-hydrogen) atoms. The molecule has 0 aliphatic rings. The van der Waals surface area contributed by atoms with Gasteiger partial charge in [-0.2, -0.15) is 0 Å². The van der Waals surface area contributed by atoms with Gasteiger partial charge in [-0.25, -0.2) is 8.78 Å². The molecule has 1 aromatic carbocycles.